The molecule has 3 aromatic rings. The third-order valence-electron chi connectivity index (χ3n) is 5.52. The van der Waals surface area contributed by atoms with Gasteiger partial charge in [-0.15, -0.1) is 5.10 Å². The minimum Gasteiger partial charge on any atom is -0.497 e. The van der Waals surface area contributed by atoms with E-state index in [9.17, 15) is 4.79 Å². The Balaban J connectivity index is 1.59. The highest BCUT2D eigenvalue weighted by Gasteiger charge is 2.35. The largest absolute Gasteiger partial charge is 0.497 e. The van der Waals surface area contributed by atoms with E-state index < -0.39 is 6.17 Å². The fourth-order valence-corrected chi connectivity index (χ4v) is 4.80. The molecule has 1 atom stereocenters. The number of benzene rings is 3. The van der Waals surface area contributed by atoms with Crippen LogP contribution < -0.4 is 25.4 Å². The number of methoxy groups -OCH3 is 2. The zero-order chi connectivity index (χ0) is 23.7. The van der Waals surface area contributed by atoms with Crippen LogP contribution in [0.1, 0.15) is 17.3 Å². The van der Waals surface area contributed by atoms with Gasteiger partial charge in [-0.3, -0.25) is 15.1 Å². The third-order valence-corrected chi connectivity index (χ3v) is 6.71. The molecule has 1 N–H and O–H groups in total. The maximum absolute atomic E-state index is 13.3. The molecule has 7 nitrogen and oxygen atoms in total. The van der Waals surface area contributed by atoms with Gasteiger partial charge in [-0.1, -0.05) is 53.7 Å². The van der Waals surface area contributed by atoms with Gasteiger partial charge in [0.1, 0.15) is 17.2 Å². The summed E-state index contributed by atoms with van der Waals surface area (Å²) in [5.41, 5.74) is 2.26. The molecule has 0 saturated heterocycles. The van der Waals surface area contributed by atoms with E-state index in [-0.39, 0.29) is 5.91 Å². The molecule has 172 valence electrons. The van der Waals surface area contributed by atoms with Crippen LogP contribution in [0.2, 0.25) is 5.02 Å². The molecule has 2 aliphatic heterocycles. The molecule has 0 aliphatic carbocycles. The zero-order valence-electron chi connectivity index (χ0n) is 18.5. The molecular formula is C25H21ClN4O3S. The number of nitrogens with one attached hydrogen (secondary N) is 1. The number of carbonyl (C=O) groups excluding carboxylic acids is 1. The molecule has 1 amide bonds. The fourth-order valence-electron chi connectivity index (χ4n) is 3.87. The lowest BCUT2D eigenvalue weighted by molar-refractivity contribution is -0.116. The molecule has 0 spiro atoms. The monoisotopic (exact) mass is 492 g/mol. The molecule has 3 aromatic carbocycles. The van der Waals surface area contributed by atoms with Crippen LogP contribution >= 0.6 is 23.4 Å². The highest BCUT2D eigenvalue weighted by Crippen LogP contribution is 2.37. The lowest BCUT2D eigenvalue weighted by atomic mass is 10.1. The van der Waals surface area contributed by atoms with Crippen LogP contribution in [0.5, 0.6) is 11.5 Å². The van der Waals surface area contributed by atoms with Gasteiger partial charge in [0.15, 0.2) is 11.3 Å². The van der Waals surface area contributed by atoms with E-state index in [1.54, 1.807) is 19.2 Å². The molecule has 2 heterocycles. The first kappa shape index (κ1) is 22.3. The van der Waals surface area contributed by atoms with Crippen LogP contribution in [0.15, 0.2) is 76.8 Å². The molecule has 0 aromatic heterocycles. The number of amidine groups is 1. The van der Waals surface area contributed by atoms with Crippen molar-refractivity contribution in [2.75, 3.05) is 14.2 Å². The van der Waals surface area contributed by atoms with Crippen molar-refractivity contribution in [1.29, 1.82) is 0 Å². The summed E-state index contributed by atoms with van der Waals surface area (Å²) >= 11 is 7.43. The van der Waals surface area contributed by atoms with Gasteiger partial charge in [0.2, 0.25) is 0 Å². The van der Waals surface area contributed by atoms with Crippen LogP contribution in [0.25, 0.3) is 5.70 Å². The summed E-state index contributed by atoms with van der Waals surface area (Å²) in [4.78, 5) is 18.3. The first-order chi connectivity index (χ1) is 16.6. The number of hydrazone groups is 1. The smallest absolute Gasteiger partial charge is 0.276 e. The van der Waals surface area contributed by atoms with Gasteiger partial charge in [-0.25, -0.2) is 5.01 Å². The average Bonchev–Trinajstić information content (AvgIpc) is 2.87. The van der Waals surface area contributed by atoms with Crippen molar-refractivity contribution in [3.8, 4) is 11.5 Å². The number of nitrogens with zero attached hydrogens (tertiary/aromatic N) is 3. The average molecular weight is 493 g/mol. The van der Waals surface area contributed by atoms with Crippen molar-refractivity contribution >= 4 is 40.1 Å². The molecule has 0 fully saturated rings. The highest BCUT2D eigenvalue weighted by atomic mass is 35.5. The Morgan fingerprint density at radius 2 is 1.85 bits per heavy atom. The van der Waals surface area contributed by atoms with Crippen LogP contribution in [-0.2, 0) is 10.5 Å². The predicted molar refractivity (Wildman–Crippen MR) is 133 cm³/mol. The second-order valence-electron chi connectivity index (χ2n) is 7.60. The topological polar surface area (TPSA) is 75.5 Å². The number of para-hydroxylation sites is 1. The van der Waals surface area contributed by atoms with Crippen LogP contribution in [-0.4, -0.2) is 30.3 Å². The minimum absolute atomic E-state index is 0.234. The van der Waals surface area contributed by atoms with Crippen molar-refractivity contribution < 1.29 is 14.3 Å². The van der Waals surface area contributed by atoms with Gasteiger partial charge in [0.05, 0.1) is 19.6 Å². The Morgan fingerprint density at radius 1 is 1.06 bits per heavy atom. The molecule has 0 bridgehead atoms. The van der Waals surface area contributed by atoms with E-state index in [0.717, 1.165) is 16.3 Å². The lowest BCUT2D eigenvalue weighted by Crippen LogP contribution is -2.50. The molecule has 1 unspecified atom stereocenters. The zero-order valence-corrected chi connectivity index (χ0v) is 20.1. The summed E-state index contributed by atoms with van der Waals surface area (Å²) in [6.07, 6.45) is -0.605. The number of hydrogen-bond acceptors (Lipinski definition) is 7. The van der Waals surface area contributed by atoms with Gasteiger partial charge in [0.25, 0.3) is 5.91 Å². The van der Waals surface area contributed by atoms with Gasteiger partial charge in [0, 0.05) is 21.6 Å². The van der Waals surface area contributed by atoms with Crippen molar-refractivity contribution in [2.24, 2.45) is 10.1 Å². The summed E-state index contributed by atoms with van der Waals surface area (Å²) in [6, 6.07) is 20.7. The summed E-state index contributed by atoms with van der Waals surface area (Å²) in [5.74, 6) is 1.68. The van der Waals surface area contributed by atoms with Gasteiger partial charge in [-0.05, 0) is 42.0 Å². The number of thioether (sulfide) groups is 1. The van der Waals surface area contributed by atoms with Crippen molar-refractivity contribution in [2.45, 2.75) is 11.9 Å². The molecular weight excluding hydrogens is 472 g/mol. The number of fused-ring (bicyclic) bond motifs is 2. The van der Waals surface area contributed by atoms with E-state index in [1.807, 2.05) is 66.7 Å². The molecule has 2 aliphatic rings. The van der Waals surface area contributed by atoms with E-state index in [2.05, 4.69) is 5.32 Å². The lowest BCUT2D eigenvalue weighted by Gasteiger charge is -2.34. The number of halogens is 1. The second kappa shape index (κ2) is 9.40. The van der Waals surface area contributed by atoms with E-state index in [0.29, 0.717) is 38.5 Å². The number of ether oxygens (including phenoxy) is 2. The summed E-state index contributed by atoms with van der Waals surface area (Å²) in [6.45, 7) is 0. The molecule has 5 rings (SSSR count). The highest BCUT2D eigenvalue weighted by molar-refractivity contribution is 8.13. The number of carbonyl (C=O) groups is 1. The SMILES string of the molecule is COc1ccc(OC)c(C2N=c3ccccc3=C3C(=O)NC(SCc4ccc(Cl)cc4)=NN32)c1. The Kier molecular flexibility index (Phi) is 6.17. The van der Waals surface area contributed by atoms with Gasteiger partial charge < -0.3 is 9.47 Å². The van der Waals surface area contributed by atoms with Gasteiger partial charge in [-0.2, -0.15) is 0 Å². The van der Waals surface area contributed by atoms with Gasteiger partial charge >= 0.3 is 0 Å². The Labute approximate surface area is 205 Å². The Morgan fingerprint density at radius 3 is 2.62 bits per heavy atom. The van der Waals surface area contributed by atoms with Crippen molar-refractivity contribution in [1.82, 2.24) is 10.3 Å². The summed E-state index contributed by atoms with van der Waals surface area (Å²) in [7, 11) is 3.21. The number of rotatable bonds is 5. The predicted octanol–water partition coefficient (Wildman–Crippen LogP) is 3.43. The van der Waals surface area contributed by atoms with E-state index in [4.69, 9.17) is 31.2 Å². The molecule has 0 radical (unpaired) electrons. The summed E-state index contributed by atoms with van der Waals surface area (Å²) in [5, 5.41) is 12.0. The standard InChI is InChI=1S/C25H21ClN4O3S/c1-32-17-11-12-21(33-2)19(13-17)23-27-20-6-4-3-5-18(20)22-24(31)28-25(29-30(22)23)34-14-15-7-9-16(26)10-8-15/h3-13,23H,14H2,1-2H3,(H,28,29,31). The van der Waals surface area contributed by atoms with Crippen LogP contribution in [0, 0.1) is 0 Å². The maximum atomic E-state index is 13.3. The van der Waals surface area contributed by atoms with E-state index in [1.165, 1.54) is 11.8 Å². The van der Waals surface area contributed by atoms with Crippen molar-refractivity contribution in [3.05, 3.63) is 93.5 Å². The van der Waals surface area contributed by atoms with Crippen molar-refractivity contribution in [3.63, 3.8) is 0 Å². The van der Waals surface area contributed by atoms with E-state index >= 15 is 0 Å². The second-order valence-corrected chi connectivity index (χ2v) is 9.00. The number of amides is 1. The molecule has 9 heteroatoms. The summed E-state index contributed by atoms with van der Waals surface area (Å²) < 4.78 is 11.1. The first-order valence-corrected chi connectivity index (χ1v) is 11.9. The van der Waals surface area contributed by atoms with Crippen LogP contribution in [0.3, 0.4) is 0 Å². The third kappa shape index (κ3) is 4.22. The fraction of sp³-hybridized carbons (Fsp3) is 0.160. The Hall–Kier alpha value is -3.49. The number of hydrogen-bond donors (Lipinski definition) is 1. The molecule has 34 heavy (non-hydrogen) atoms. The Bertz CT molecular complexity index is 1410. The minimum atomic E-state index is -0.605. The first-order valence-electron chi connectivity index (χ1n) is 10.5. The normalized spacial score (nSPS) is 16.6. The van der Waals surface area contributed by atoms with Crippen LogP contribution in [0.4, 0.5) is 0 Å². The maximum Gasteiger partial charge on any atom is 0.276 e. The quantitative estimate of drug-likeness (QED) is 0.590. The molecule has 0 saturated carbocycles.